The number of benzene rings is 2. The summed E-state index contributed by atoms with van der Waals surface area (Å²) < 4.78 is 5.29. The molecular formula is C29H37N3O6. The van der Waals surface area contributed by atoms with Gasteiger partial charge < -0.3 is 25.8 Å². The average molecular weight is 524 g/mol. The van der Waals surface area contributed by atoms with E-state index in [4.69, 9.17) is 9.84 Å². The van der Waals surface area contributed by atoms with E-state index in [1.54, 1.807) is 25.1 Å². The monoisotopic (exact) mass is 523 g/mol. The molecule has 2 aromatic rings. The third-order valence-electron chi connectivity index (χ3n) is 5.79. The normalized spacial score (nSPS) is 13.0. The van der Waals surface area contributed by atoms with Crippen LogP contribution in [0.25, 0.3) is 10.8 Å². The first-order valence-electron chi connectivity index (χ1n) is 12.6. The second-order valence-corrected chi connectivity index (χ2v) is 9.05. The summed E-state index contributed by atoms with van der Waals surface area (Å²) in [4.78, 5) is 50.8. The van der Waals surface area contributed by atoms with Crippen LogP contribution >= 0.6 is 0 Å². The van der Waals surface area contributed by atoms with E-state index in [1.807, 2.05) is 30.3 Å². The number of ether oxygens (including phenoxy) is 1. The summed E-state index contributed by atoms with van der Waals surface area (Å²) in [5, 5.41) is 19.1. The van der Waals surface area contributed by atoms with Crippen LogP contribution in [-0.4, -0.2) is 54.1 Å². The molecule has 2 rings (SSSR count). The Labute approximate surface area is 223 Å². The lowest BCUT2D eigenvalue weighted by Crippen LogP contribution is -2.49. The maximum Gasteiger partial charge on any atom is 0.305 e. The number of amides is 3. The average Bonchev–Trinajstić information content (AvgIpc) is 2.90. The predicted octanol–water partition coefficient (Wildman–Crippen LogP) is 3.24. The molecule has 0 radical (unpaired) electrons. The first kappa shape index (κ1) is 30.2. The third kappa shape index (κ3) is 10.2. The Morgan fingerprint density at radius 3 is 2.42 bits per heavy atom. The van der Waals surface area contributed by atoms with E-state index in [2.05, 4.69) is 29.1 Å². The van der Waals surface area contributed by atoms with Gasteiger partial charge in [-0.15, -0.1) is 13.2 Å². The van der Waals surface area contributed by atoms with E-state index in [-0.39, 0.29) is 32.5 Å². The molecule has 0 aliphatic rings. The van der Waals surface area contributed by atoms with E-state index in [0.717, 1.165) is 10.8 Å². The Kier molecular flexibility index (Phi) is 12.7. The number of aliphatic hydroxyl groups excluding tert-OH is 1. The zero-order valence-corrected chi connectivity index (χ0v) is 21.8. The Morgan fingerprint density at radius 2 is 1.74 bits per heavy atom. The van der Waals surface area contributed by atoms with Crippen LogP contribution in [0.2, 0.25) is 0 Å². The van der Waals surface area contributed by atoms with E-state index >= 15 is 0 Å². The Bertz CT molecular complexity index is 1130. The fourth-order valence-corrected chi connectivity index (χ4v) is 3.70. The molecule has 3 atom stereocenters. The van der Waals surface area contributed by atoms with Gasteiger partial charge in [-0.05, 0) is 49.1 Å². The lowest BCUT2D eigenvalue weighted by Gasteiger charge is -2.22. The summed E-state index contributed by atoms with van der Waals surface area (Å²) in [6.07, 6.45) is 4.60. The van der Waals surface area contributed by atoms with Gasteiger partial charge in [-0.1, -0.05) is 42.5 Å². The first-order chi connectivity index (χ1) is 18.3. The minimum absolute atomic E-state index is 0.154. The van der Waals surface area contributed by atoms with Crippen LogP contribution in [0, 0.1) is 5.92 Å². The molecule has 3 amide bonds. The third-order valence-corrected chi connectivity index (χ3v) is 5.79. The van der Waals surface area contributed by atoms with Gasteiger partial charge in [0.25, 0.3) is 5.91 Å². The molecule has 0 heterocycles. The zero-order valence-electron chi connectivity index (χ0n) is 21.8. The molecule has 0 spiro atoms. The molecule has 38 heavy (non-hydrogen) atoms. The van der Waals surface area contributed by atoms with Crippen LogP contribution < -0.4 is 16.0 Å². The number of nitrogens with one attached hydrogen (secondary N) is 3. The highest BCUT2D eigenvalue weighted by molar-refractivity contribution is 5.99. The maximum absolute atomic E-state index is 13.2. The summed E-state index contributed by atoms with van der Waals surface area (Å²) in [6, 6.07) is 11.4. The van der Waals surface area contributed by atoms with Crippen LogP contribution in [0.4, 0.5) is 5.69 Å². The van der Waals surface area contributed by atoms with E-state index in [0.29, 0.717) is 18.5 Å². The standard InChI is InChI=1S/C29H37N3O6/c1-4-6-7-13-27(35)38-19-25(29(37)31-24-15-14-21-11-8-9-12-22(21)16-24)32-28(36)23(10-5-2)17-26(34)30-20(3)18-33/h4-5,8-9,11-12,14-16,20,23,25,33H,1-2,6-7,10,13,17-19H2,3H3,(H,30,34)(H,31,37)(H,32,36)/t20-,23+,25-/m0/s1. The number of hydrogen-bond donors (Lipinski definition) is 4. The number of unbranched alkanes of at least 4 members (excludes halogenated alkanes) is 1. The van der Waals surface area contributed by atoms with Gasteiger partial charge in [0.15, 0.2) is 0 Å². The van der Waals surface area contributed by atoms with Crippen molar-refractivity contribution in [1.82, 2.24) is 10.6 Å². The van der Waals surface area contributed by atoms with E-state index in [1.165, 1.54) is 6.08 Å². The van der Waals surface area contributed by atoms with Crippen molar-refractivity contribution >= 4 is 40.2 Å². The van der Waals surface area contributed by atoms with Gasteiger partial charge in [0, 0.05) is 24.6 Å². The van der Waals surface area contributed by atoms with Crippen molar-refractivity contribution in [2.24, 2.45) is 5.92 Å². The van der Waals surface area contributed by atoms with Gasteiger partial charge in [0.1, 0.15) is 12.6 Å². The van der Waals surface area contributed by atoms with Crippen molar-refractivity contribution in [2.75, 3.05) is 18.5 Å². The molecular weight excluding hydrogens is 486 g/mol. The molecule has 9 nitrogen and oxygen atoms in total. The number of aliphatic hydroxyl groups is 1. The van der Waals surface area contributed by atoms with Crippen LogP contribution in [-0.2, 0) is 23.9 Å². The maximum atomic E-state index is 13.2. The molecule has 204 valence electrons. The van der Waals surface area contributed by atoms with Gasteiger partial charge in [0.05, 0.1) is 12.5 Å². The Hall–Kier alpha value is -3.98. The summed E-state index contributed by atoms with van der Waals surface area (Å²) in [6.45, 7) is 8.30. The van der Waals surface area contributed by atoms with E-state index < -0.39 is 41.7 Å². The number of rotatable bonds is 16. The molecule has 0 bridgehead atoms. The fourth-order valence-electron chi connectivity index (χ4n) is 3.70. The second kappa shape index (κ2) is 16.0. The molecule has 0 aliphatic heterocycles. The smallest absolute Gasteiger partial charge is 0.305 e. The van der Waals surface area contributed by atoms with Crippen molar-refractivity contribution in [1.29, 1.82) is 0 Å². The zero-order chi connectivity index (χ0) is 27.9. The topological polar surface area (TPSA) is 134 Å². The fraction of sp³-hybridized carbons (Fsp3) is 0.379. The molecule has 0 aliphatic carbocycles. The number of esters is 1. The number of carbonyl (C=O) groups is 4. The summed E-state index contributed by atoms with van der Waals surface area (Å²) in [5.41, 5.74) is 0.519. The number of carbonyl (C=O) groups excluding carboxylic acids is 4. The van der Waals surface area contributed by atoms with Crippen molar-refractivity contribution in [3.8, 4) is 0 Å². The summed E-state index contributed by atoms with van der Waals surface area (Å²) >= 11 is 0. The molecule has 0 aromatic heterocycles. The van der Waals surface area contributed by atoms with Crippen molar-refractivity contribution in [3.63, 3.8) is 0 Å². The number of anilines is 1. The van der Waals surface area contributed by atoms with Gasteiger partial charge in [-0.2, -0.15) is 0 Å². The first-order valence-corrected chi connectivity index (χ1v) is 12.6. The highest BCUT2D eigenvalue weighted by atomic mass is 16.5. The second-order valence-electron chi connectivity index (χ2n) is 9.05. The van der Waals surface area contributed by atoms with Crippen LogP contribution in [0.5, 0.6) is 0 Å². The van der Waals surface area contributed by atoms with Gasteiger partial charge in [0.2, 0.25) is 11.8 Å². The van der Waals surface area contributed by atoms with Gasteiger partial charge in [-0.25, -0.2) is 0 Å². The number of allylic oxidation sites excluding steroid dienone is 2. The predicted molar refractivity (Wildman–Crippen MR) is 147 cm³/mol. The lowest BCUT2D eigenvalue weighted by molar-refractivity contribution is -0.146. The van der Waals surface area contributed by atoms with Gasteiger partial charge in [-0.3, -0.25) is 19.2 Å². The lowest BCUT2D eigenvalue weighted by atomic mass is 9.99. The SMILES string of the molecule is C=CCCCC(=O)OC[C@H](NC(=O)[C@H](CC=C)CC(=O)N[C@@H](C)CO)C(=O)Nc1ccc2ccccc2c1. The van der Waals surface area contributed by atoms with E-state index in [9.17, 15) is 19.2 Å². The van der Waals surface area contributed by atoms with Crippen molar-refractivity contribution in [2.45, 2.75) is 51.1 Å². The summed E-state index contributed by atoms with van der Waals surface area (Å²) in [5.74, 6) is -2.84. The largest absolute Gasteiger partial charge is 0.463 e. The molecule has 0 unspecified atom stereocenters. The Morgan fingerprint density at radius 1 is 1.00 bits per heavy atom. The highest BCUT2D eigenvalue weighted by Gasteiger charge is 2.28. The molecule has 9 heteroatoms. The van der Waals surface area contributed by atoms with Crippen LogP contribution in [0.15, 0.2) is 67.8 Å². The summed E-state index contributed by atoms with van der Waals surface area (Å²) in [7, 11) is 0. The highest BCUT2D eigenvalue weighted by Crippen LogP contribution is 2.19. The molecule has 4 N–H and O–H groups in total. The molecule has 2 aromatic carbocycles. The van der Waals surface area contributed by atoms with Crippen molar-refractivity contribution in [3.05, 3.63) is 67.8 Å². The van der Waals surface area contributed by atoms with Crippen LogP contribution in [0.1, 0.15) is 39.0 Å². The molecule has 0 saturated heterocycles. The number of fused-ring (bicyclic) bond motifs is 1. The Balaban J connectivity index is 2.15. The quantitative estimate of drug-likeness (QED) is 0.152. The van der Waals surface area contributed by atoms with Gasteiger partial charge >= 0.3 is 5.97 Å². The van der Waals surface area contributed by atoms with Crippen LogP contribution in [0.3, 0.4) is 0 Å². The number of hydrogen-bond acceptors (Lipinski definition) is 6. The molecule has 0 saturated carbocycles. The minimum atomic E-state index is -1.19. The van der Waals surface area contributed by atoms with Crippen molar-refractivity contribution < 1.29 is 29.0 Å². The minimum Gasteiger partial charge on any atom is -0.463 e. The molecule has 0 fully saturated rings.